The molecule has 26 heavy (non-hydrogen) atoms. The second-order valence-electron chi connectivity index (χ2n) is 5.34. The molecule has 2 heterocycles. The van der Waals surface area contributed by atoms with E-state index in [4.69, 9.17) is 8.94 Å². The van der Waals surface area contributed by atoms with Gasteiger partial charge in [-0.2, -0.15) is 0 Å². The van der Waals surface area contributed by atoms with E-state index in [1.165, 1.54) is 20.1 Å². The maximum absolute atomic E-state index is 11.4. The molecule has 2 aromatic heterocycles. The number of aryl methyl sites for hydroxylation is 1. The van der Waals surface area contributed by atoms with Gasteiger partial charge in [0, 0.05) is 5.56 Å². The molecule has 0 saturated carbocycles. The van der Waals surface area contributed by atoms with E-state index in [0.717, 1.165) is 5.56 Å². The largest absolute Gasteiger partial charge is 0.465 e. The van der Waals surface area contributed by atoms with Crippen molar-refractivity contribution in [2.24, 2.45) is 0 Å². The standard InChI is InChI=1S/C18H14N2O6/c1-11-17(20(22)23)16(26-19-11)10-8-14-7-9-15(25-14)12-3-5-13(6-4-12)18(21)24-2/h3-10H,1-2H3/b10-8-. The number of rotatable bonds is 5. The number of ether oxygens (including phenoxy) is 1. The summed E-state index contributed by atoms with van der Waals surface area (Å²) in [6.07, 6.45) is 2.99. The van der Waals surface area contributed by atoms with Crippen LogP contribution in [-0.2, 0) is 4.74 Å². The summed E-state index contributed by atoms with van der Waals surface area (Å²) in [7, 11) is 1.32. The van der Waals surface area contributed by atoms with E-state index in [-0.39, 0.29) is 17.1 Å². The van der Waals surface area contributed by atoms with Crippen LogP contribution in [0.2, 0.25) is 0 Å². The number of carbonyl (C=O) groups is 1. The maximum Gasteiger partial charge on any atom is 0.338 e. The number of esters is 1. The molecular weight excluding hydrogens is 340 g/mol. The van der Waals surface area contributed by atoms with E-state index in [2.05, 4.69) is 9.89 Å². The third-order valence-corrected chi connectivity index (χ3v) is 3.66. The third-order valence-electron chi connectivity index (χ3n) is 3.66. The maximum atomic E-state index is 11.4. The zero-order valence-electron chi connectivity index (χ0n) is 14.0. The van der Waals surface area contributed by atoms with Crippen LogP contribution in [0.25, 0.3) is 23.5 Å². The molecule has 0 saturated heterocycles. The Hall–Kier alpha value is -3.68. The van der Waals surface area contributed by atoms with Gasteiger partial charge in [-0.25, -0.2) is 4.79 Å². The highest BCUT2D eigenvalue weighted by Gasteiger charge is 2.22. The molecule has 3 rings (SSSR count). The van der Waals surface area contributed by atoms with Crippen LogP contribution >= 0.6 is 0 Å². The molecule has 0 atom stereocenters. The second-order valence-corrected chi connectivity index (χ2v) is 5.34. The number of nitrogens with zero attached hydrogens (tertiary/aromatic N) is 2. The van der Waals surface area contributed by atoms with Crippen LogP contribution < -0.4 is 0 Å². The monoisotopic (exact) mass is 354 g/mol. The summed E-state index contributed by atoms with van der Waals surface area (Å²) in [5, 5.41) is 14.6. The van der Waals surface area contributed by atoms with Gasteiger partial charge in [0.15, 0.2) is 5.69 Å². The molecule has 1 aromatic carbocycles. The smallest absolute Gasteiger partial charge is 0.338 e. The predicted octanol–water partition coefficient (Wildman–Crippen LogP) is 4.11. The Labute approximate surface area is 147 Å². The fraction of sp³-hybridized carbons (Fsp3) is 0.111. The number of carbonyl (C=O) groups excluding carboxylic acids is 1. The number of hydrogen-bond acceptors (Lipinski definition) is 7. The van der Waals surface area contributed by atoms with E-state index >= 15 is 0 Å². The van der Waals surface area contributed by atoms with Gasteiger partial charge in [0.2, 0.25) is 5.76 Å². The second kappa shape index (κ2) is 7.06. The van der Waals surface area contributed by atoms with Gasteiger partial charge in [-0.15, -0.1) is 0 Å². The molecular formula is C18H14N2O6. The number of hydrogen-bond donors (Lipinski definition) is 0. The van der Waals surface area contributed by atoms with Gasteiger partial charge in [-0.1, -0.05) is 17.3 Å². The first-order chi connectivity index (χ1) is 12.5. The molecule has 0 spiro atoms. The molecule has 0 radical (unpaired) electrons. The van der Waals surface area contributed by atoms with Crippen molar-refractivity contribution in [3.05, 3.63) is 69.3 Å². The first-order valence-corrected chi connectivity index (χ1v) is 7.57. The number of aromatic nitrogens is 1. The number of furan rings is 1. The zero-order valence-corrected chi connectivity index (χ0v) is 14.0. The molecule has 0 fully saturated rings. The normalized spacial score (nSPS) is 11.0. The quantitative estimate of drug-likeness (QED) is 0.385. The number of methoxy groups -OCH3 is 1. The molecule has 0 aliphatic heterocycles. The topological polar surface area (TPSA) is 109 Å². The van der Waals surface area contributed by atoms with Gasteiger partial charge in [0.1, 0.15) is 11.5 Å². The molecule has 8 heteroatoms. The van der Waals surface area contributed by atoms with Gasteiger partial charge in [0.25, 0.3) is 0 Å². The van der Waals surface area contributed by atoms with E-state index < -0.39 is 10.9 Å². The summed E-state index contributed by atoms with van der Waals surface area (Å²) < 4.78 is 15.3. The Morgan fingerprint density at radius 1 is 1.19 bits per heavy atom. The first kappa shape index (κ1) is 17.2. The van der Waals surface area contributed by atoms with E-state index in [1.54, 1.807) is 42.5 Å². The lowest BCUT2D eigenvalue weighted by molar-refractivity contribution is -0.386. The fourth-order valence-electron chi connectivity index (χ4n) is 2.36. The van der Waals surface area contributed by atoms with E-state index in [9.17, 15) is 14.9 Å². The highest BCUT2D eigenvalue weighted by Crippen LogP contribution is 2.27. The minimum atomic E-state index is -0.540. The van der Waals surface area contributed by atoms with Crippen molar-refractivity contribution in [3.63, 3.8) is 0 Å². The van der Waals surface area contributed by atoms with Crippen molar-refractivity contribution in [1.82, 2.24) is 5.16 Å². The van der Waals surface area contributed by atoms with Crippen molar-refractivity contribution in [2.45, 2.75) is 6.92 Å². The summed E-state index contributed by atoms with van der Waals surface area (Å²) in [6, 6.07) is 10.2. The predicted molar refractivity (Wildman–Crippen MR) is 92.3 cm³/mol. The van der Waals surface area contributed by atoms with Crippen LogP contribution in [0.5, 0.6) is 0 Å². The molecule has 3 aromatic rings. The van der Waals surface area contributed by atoms with Crippen LogP contribution in [0.1, 0.15) is 27.6 Å². The lowest BCUT2D eigenvalue weighted by atomic mass is 10.1. The summed E-state index contributed by atoms with van der Waals surface area (Å²) >= 11 is 0. The van der Waals surface area contributed by atoms with Gasteiger partial charge < -0.3 is 13.7 Å². The van der Waals surface area contributed by atoms with Crippen LogP contribution in [0, 0.1) is 17.0 Å². The SMILES string of the molecule is COC(=O)c1ccc(-c2ccc(/C=C\c3onc(C)c3[N+](=O)[O-])o2)cc1. The van der Waals surface area contributed by atoms with Gasteiger partial charge in [0.05, 0.1) is 17.6 Å². The molecule has 0 N–H and O–H groups in total. The van der Waals surface area contributed by atoms with Crippen LogP contribution in [0.4, 0.5) is 5.69 Å². The van der Waals surface area contributed by atoms with Gasteiger partial charge >= 0.3 is 11.7 Å². The molecule has 8 nitrogen and oxygen atoms in total. The average molecular weight is 354 g/mol. The Kier molecular flexibility index (Phi) is 4.66. The first-order valence-electron chi connectivity index (χ1n) is 7.57. The molecule has 0 amide bonds. The zero-order chi connectivity index (χ0) is 18.7. The minimum Gasteiger partial charge on any atom is -0.465 e. The fourth-order valence-corrected chi connectivity index (χ4v) is 2.36. The molecule has 0 unspecified atom stereocenters. The average Bonchev–Trinajstić information content (AvgIpc) is 3.26. The summed E-state index contributed by atoms with van der Waals surface area (Å²) in [6.45, 7) is 1.50. The summed E-state index contributed by atoms with van der Waals surface area (Å²) in [5.74, 6) is 0.709. The van der Waals surface area contributed by atoms with Crippen molar-refractivity contribution >= 4 is 23.8 Å². The highest BCUT2D eigenvalue weighted by molar-refractivity contribution is 5.89. The van der Waals surface area contributed by atoms with Crippen LogP contribution in [0.15, 0.2) is 45.3 Å². The summed E-state index contributed by atoms with van der Waals surface area (Å²) in [5.41, 5.74) is 1.25. The lowest BCUT2D eigenvalue weighted by Crippen LogP contribution is -2.00. The number of benzene rings is 1. The van der Waals surface area contributed by atoms with Crippen molar-refractivity contribution in [3.8, 4) is 11.3 Å². The van der Waals surface area contributed by atoms with Crippen molar-refractivity contribution in [2.75, 3.05) is 7.11 Å². The molecule has 132 valence electrons. The highest BCUT2D eigenvalue weighted by atomic mass is 16.6. The molecule has 0 aliphatic carbocycles. The third kappa shape index (κ3) is 3.39. The lowest BCUT2D eigenvalue weighted by Gasteiger charge is -2.00. The Balaban J connectivity index is 1.80. The molecule has 0 aliphatic rings. The number of nitro groups is 1. The molecule has 0 bridgehead atoms. The van der Waals surface area contributed by atoms with Crippen molar-refractivity contribution in [1.29, 1.82) is 0 Å². The van der Waals surface area contributed by atoms with Crippen LogP contribution in [-0.4, -0.2) is 23.2 Å². The van der Waals surface area contributed by atoms with E-state index in [1.807, 2.05) is 0 Å². The Bertz CT molecular complexity index is 982. The summed E-state index contributed by atoms with van der Waals surface area (Å²) in [4.78, 5) is 21.9. The van der Waals surface area contributed by atoms with Gasteiger partial charge in [-0.05, 0) is 43.3 Å². The van der Waals surface area contributed by atoms with Gasteiger partial charge in [-0.3, -0.25) is 10.1 Å². The Morgan fingerprint density at radius 3 is 2.58 bits per heavy atom. The Morgan fingerprint density at radius 2 is 1.92 bits per heavy atom. The van der Waals surface area contributed by atoms with E-state index in [0.29, 0.717) is 17.1 Å². The minimum absolute atomic E-state index is 0.0490. The van der Waals surface area contributed by atoms with Crippen molar-refractivity contribution < 1.29 is 23.4 Å². The van der Waals surface area contributed by atoms with Crippen LogP contribution in [0.3, 0.4) is 0 Å².